The molecule has 1 aromatic carbocycles. The summed E-state index contributed by atoms with van der Waals surface area (Å²) in [5.74, 6) is 0.724. The average Bonchev–Trinajstić information content (AvgIpc) is 2.61. The van der Waals surface area contributed by atoms with E-state index < -0.39 is 6.04 Å². The van der Waals surface area contributed by atoms with Crippen LogP contribution in [0.2, 0.25) is 0 Å². The second-order valence-electron chi connectivity index (χ2n) is 7.01. The Labute approximate surface area is 149 Å². The molecule has 2 amide bonds. The van der Waals surface area contributed by atoms with Gasteiger partial charge < -0.3 is 20.7 Å². The first-order valence-electron chi connectivity index (χ1n) is 8.88. The van der Waals surface area contributed by atoms with Crippen LogP contribution in [0, 0.1) is 11.8 Å². The Morgan fingerprint density at radius 1 is 1.24 bits per heavy atom. The molecule has 25 heavy (non-hydrogen) atoms. The number of hydrogen-bond acceptors (Lipinski definition) is 4. The van der Waals surface area contributed by atoms with Gasteiger partial charge in [0, 0.05) is 18.2 Å². The minimum Gasteiger partial charge on any atom is -0.497 e. The van der Waals surface area contributed by atoms with Gasteiger partial charge in [-0.2, -0.15) is 0 Å². The van der Waals surface area contributed by atoms with Gasteiger partial charge in [0.05, 0.1) is 7.11 Å². The maximum Gasteiger partial charge on any atom is 0.251 e. The van der Waals surface area contributed by atoms with Crippen molar-refractivity contribution in [2.75, 3.05) is 20.2 Å². The van der Waals surface area contributed by atoms with E-state index in [1.807, 2.05) is 13.8 Å². The second-order valence-corrected chi connectivity index (χ2v) is 7.01. The minimum absolute atomic E-state index is 0.00551. The van der Waals surface area contributed by atoms with Crippen molar-refractivity contribution in [1.82, 2.24) is 16.0 Å². The lowest BCUT2D eigenvalue weighted by atomic mass is 9.93. The number of ether oxygens (including phenoxy) is 1. The summed E-state index contributed by atoms with van der Waals surface area (Å²) in [5.41, 5.74) is 0.506. The lowest BCUT2D eigenvalue weighted by Crippen LogP contribution is -2.56. The standard InChI is InChI=1S/C19H29N3O3/c1-12(2)17(19(24)21-16-11-20-10-9-13(16)3)22-18(23)14-5-7-15(25-4)8-6-14/h5-8,12-13,16-17,20H,9-11H2,1-4H3,(H,21,24)(H,22,23). The summed E-state index contributed by atoms with van der Waals surface area (Å²) in [6, 6.07) is 6.38. The van der Waals surface area contributed by atoms with E-state index in [1.54, 1.807) is 31.4 Å². The molecule has 0 aromatic heterocycles. The molecule has 138 valence electrons. The predicted molar refractivity (Wildman–Crippen MR) is 97.7 cm³/mol. The fourth-order valence-electron chi connectivity index (χ4n) is 2.96. The number of amides is 2. The molecule has 2 rings (SSSR count). The van der Waals surface area contributed by atoms with Crippen molar-refractivity contribution in [3.8, 4) is 5.75 Å². The zero-order valence-corrected chi connectivity index (χ0v) is 15.5. The highest BCUT2D eigenvalue weighted by atomic mass is 16.5. The lowest BCUT2D eigenvalue weighted by Gasteiger charge is -2.32. The van der Waals surface area contributed by atoms with E-state index in [1.165, 1.54) is 0 Å². The zero-order chi connectivity index (χ0) is 18.4. The number of nitrogens with one attached hydrogen (secondary N) is 3. The molecule has 1 aromatic rings. The van der Waals surface area contributed by atoms with Gasteiger partial charge in [-0.1, -0.05) is 20.8 Å². The summed E-state index contributed by atoms with van der Waals surface area (Å²) in [7, 11) is 1.58. The largest absolute Gasteiger partial charge is 0.497 e. The molecule has 1 aliphatic heterocycles. The van der Waals surface area contributed by atoms with Gasteiger partial charge in [0.15, 0.2) is 0 Å². The summed E-state index contributed by atoms with van der Waals surface area (Å²) in [6.07, 6.45) is 1.04. The van der Waals surface area contributed by atoms with Crippen LogP contribution in [0.5, 0.6) is 5.75 Å². The Kier molecular flexibility index (Phi) is 6.82. The molecule has 1 saturated heterocycles. The molecule has 0 radical (unpaired) electrons. The molecular weight excluding hydrogens is 318 g/mol. The third kappa shape index (κ3) is 5.19. The Morgan fingerprint density at radius 3 is 2.48 bits per heavy atom. The Bertz CT molecular complexity index is 586. The number of methoxy groups -OCH3 is 1. The lowest BCUT2D eigenvalue weighted by molar-refractivity contribution is -0.125. The first-order valence-corrected chi connectivity index (χ1v) is 8.88. The quantitative estimate of drug-likeness (QED) is 0.730. The van der Waals surface area contributed by atoms with Crippen LogP contribution in [0.25, 0.3) is 0 Å². The van der Waals surface area contributed by atoms with Crippen molar-refractivity contribution in [2.45, 2.75) is 39.3 Å². The molecule has 3 unspecified atom stereocenters. The highest BCUT2D eigenvalue weighted by Gasteiger charge is 2.29. The molecule has 6 heteroatoms. The molecule has 3 N–H and O–H groups in total. The predicted octanol–water partition coefficient (Wildman–Crippen LogP) is 1.56. The van der Waals surface area contributed by atoms with Crippen molar-refractivity contribution in [2.24, 2.45) is 11.8 Å². The van der Waals surface area contributed by atoms with Gasteiger partial charge in [-0.05, 0) is 49.1 Å². The van der Waals surface area contributed by atoms with Crippen LogP contribution in [0.3, 0.4) is 0 Å². The molecule has 3 atom stereocenters. The smallest absolute Gasteiger partial charge is 0.251 e. The molecule has 1 heterocycles. The normalized spacial score (nSPS) is 21.5. The maximum atomic E-state index is 12.7. The van der Waals surface area contributed by atoms with Crippen LogP contribution < -0.4 is 20.7 Å². The van der Waals surface area contributed by atoms with E-state index in [2.05, 4.69) is 22.9 Å². The molecular formula is C19H29N3O3. The fraction of sp³-hybridized carbons (Fsp3) is 0.579. The molecule has 0 spiro atoms. The first-order chi connectivity index (χ1) is 11.9. The second kappa shape index (κ2) is 8.85. The molecule has 1 aliphatic rings. The summed E-state index contributed by atoms with van der Waals surface area (Å²) < 4.78 is 5.10. The number of hydrogen-bond donors (Lipinski definition) is 3. The van der Waals surface area contributed by atoms with Crippen molar-refractivity contribution in [3.63, 3.8) is 0 Å². The number of carbonyl (C=O) groups excluding carboxylic acids is 2. The third-order valence-electron chi connectivity index (χ3n) is 4.74. The number of piperidine rings is 1. The van der Waals surface area contributed by atoms with Gasteiger partial charge >= 0.3 is 0 Å². The van der Waals surface area contributed by atoms with Gasteiger partial charge in [0.1, 0.15) is 11.8 Å². The maximum absolute atomic E-state index is 12.7. The van der Waals surface area contributed by atoms with Gasteiger partial charge in [-0.15, -0.1) is 0 Å². The first kappa shape index (κ1) is 19.2. The highest BCUT2D eigenvalue weighted by Crippen LogP contribution is 2.14. The highest BCUT2D eigenvalue weighted by molar-refractivity contribution is 5.97. The van der Waals surface area contributed by atoms with Crippen LogP contribution in [0.15, 0.2) is 24.3 Å². The average molecular weight is 347 g/mol. The SMILES string of the molecule is COc1ccc(C(=O)NC(C(=O)NC2CNCCC2C)C(C)C)cc1. The van der Waals surface area contributed by atoms with E-state index in [4.69, 9.17) is 4.74 Å². The van der Waals surface area contributed by atoms with E-state index >= 15 is 0 Å². The topological polar surface area (TPSA) is 79.5 Å². The van der Waals surface area contributed by atoms with E-state index in [0.29, 0.717) is 17.2 Å². The Hall–Kier alpha value is -2.08. The summed E-state index contributed by atoms with van der Waals surface area (Å²) in [4.78, 5) is 25.2. The van der Waals surface area contributed by atoms with Crippen molar-refractivity contribution >= 4 is 11.8 Å². The van der Waals surface area contributed by atoms with Crippen molar-refractivity contribution < 1.29 is 14.3 Å². The molecule has 0 bridgehead atoms. The monoisotopic (exact) mass is 347 g/mol. The summed E-state index contributed by atoms with van der Waals surface area (Å²) >= 11 is 0. The van der Waals surface area contributed by atoms with E-state index in [9.17, 15) is 9.59 Å². The van der Waals surface area contributed by atoms with Crippen LogP contribution in [-0.2, 0) is 4.79 Å². The number of benzene rings is 1. The van der Waals surface area contributed by atoms with Crippen molar-refractivity contribution in [1.29, 1.82) is 0 Å². The third-order valence-corrected chi connectivity index (χ3v) is 4.74. The van der Waals surface area contributed by atoms with Crippen LogP contribution in [0.4, 0.5) is 0 Å². The molecule has 6 nitrogen and oxygen atoms in total. The Balaban J connectivity index is 2.01. The fourth-order valence-corrected chi connectivity index (χ4v) is 2.96. The van der Waals surface area contributed by atoms with Gasteiger partial charge in [-0.25, -0.2) is 0 Å². The van der Waals surface area contributed by atoms with Crippen LogP contribution >= 0.6 is 0 Å². The van der Waals surface area contributed by atoms with Gasteiger partial charge in [-0.3, -0.25) is 9.59 Å². The van der Waals surface area contributed by atoms with Gasteiger partial charge in [0.2, 0.25) is 5.91 Å². The molecule has 0 saturated carbocycles. The van der Waals surface area contributed by atoms with E-state index in [0.717, 1.165) is 19.5 Å². The number of carbonyl (C=O) groups is 2. The zero-order valence-electron chi connectivity index (χ0n) is 15.5. The minimum atomic E-state index is -0.566. The number of rotatable bonds is 6. The van der Waals surface area contributed by atoms with E-state index in [-0.39, 0.29) is 23.8 Å². The summed E-state index contributed by atoms with van der Waals surface area (Å²) in [6.45, 7) is 7.76. The van der Waals surface area contributed by atoms with Crippen LogP contribution in [-0.4, -0.2) is 44.1 Å². The molecule has 0 aliphatic carbocycles. The van der Waals surface area contributed by atoms with Crippen molar-refractivity contribution in [3.05, 3.63) is 29.8 Å². The summed E-state index contributed by atoms with van der Waals surface area (Å²) in [5, 5.41) is 9.25. The van der Waals surface area contributed by atoms with Gasteiger partial charge in [0.25, 0.3) is 5.91 Å². The molecule has 1 fully saturated rings. The van der Waals surface area contributed by atoms with Crippen LogP contribution in [0.1, 0.15) is 37.6 Å². The Morgan fingerprint density at radius 2 is 1.92 bits per heavy atom.